The van der Waals surface area contributed by atoms with Crippen LogP contribution in [0.5, 0.6) is 0 Å². The first-order chi connectivity index (χ1) is 6.27. The maximum atomic E-state index is 11.1. The van der Waals surface area contributed by atoms with Crippen LogP contribution in [0.3, 0.4) is 0 Å². The van der Waals surface area contributed by atoms with Gasteiger partial charge in [-0.25, -0.2) is 0 Å². The average molecular weight is 185 g/mol. The summed E-state index contributed by atoms with van der Waals surface area (Å²) in [4.78, 5) is 12.6. The molecule has 0 spiro atoms. The van der Waals surface area contributed by atoms with Crippen LogP contribution < -0.4 is 0 Å². The van der Waals surface area contributed by atoms with Crippen LogP contribution >= 0.6 is 0 Å². The van der Waals surface area contributed by atoms with E-state index in [4.69, 9.17) is 14.9 Å². The quantitative estimate of drug-likeness (QED) is 0.531. The summed E-state index contributed by atoms with van der Waals surface area (Å²) in [5.74, 6) is 0.492. The first kappa shape index (κ1) is 8.52. The molecule has 0 aromatic heterocycles. The number of carbonyl (C=O) groups excluding carboxylic acids is 1. The van der Waals surface area contributed by atoms with Crippen molar-refractivity contribution < 1.29 is 19.7 Å². The van der Waals surface area contributed by atoms with E-state index < -0.39 is 6.04 Å². The second-order valence-electron chi connectivity index (χ2n) is 3.07. The number of fused-ring (bicyclic) bond motifs is 1. The summed E-state index contributed by atoms with van der Waals surface area (Å²) in [6.07, 6.45) is 1.63. The maximum Gasteiger partial charge on any atom is 0.231 e. The third-order valence-electron chi connectivity index (χ3n) is 2.35. The number of rotatable bonds is 2. The van der Waals surface area contributed by atoms with Gasteiger partial charge in [-0.3, -0.25) is 9.69 Å². The van der Waals surface area contributed by atoms with Crippen LogP contribution in [-0.4, -0.2) is 46.5 Å². The SMILES string of the molecule is O=C1CC2O/C(=C\CO)[C@H](CO)N12. The zero-order valence-corrected chi connectivity index (χ0v) is 7.01. The van der Waals surface area contributed by atoms with Crippen molar-refractivity contribution in [3.8, 4) is 0 Å². The van der Waals surface area contributed by atoms with Gasteiger partial charge < -0.3 is 14.9 Å². The monoisotopic (exact) mass is 185 g/mol. The third kappa shape index (κ3) is 1.12. The maximum absolute atomic E-state index is 11.1. The van der Waals surface area contributed by atoms with Crippen LogP contribution in [0.15, 0.2) is 11.8 Å². The van der Waals surface area contributed by atoms with E-state index in [-0.39, 0.29) is 25.3 Å². The number of carbonyl (C=O) groups is 1. The first-order valence-electron chi connectivity index (χ1n) is 4.17. The van der Waals surface area contributed by atoms with E-state index in [2.05, 4.69) is 0 Å². The zero-order valence-electron chi connectivity index (χ0n) is 7.01. The van der Waals surface area contributed by atoms with Crippen molar-refractivity contribution in [3.63, 3.8) is 0 Å². The molecule has 2 aliphatic rings. The molecule has 1 amide bonds. The highest BCUT2D eigenvalue weighted by Gasteiger charge is 2.49. The van der Waals surface area contributed by atoms with E-state index in [0.29, 0.717) is 12.2 Å². The molecule has 0 aliphatic carbocycles. The topological polar surface area (TPSA) is 70.0 Å². The molecular weight excluding hydrogens is 174 g/mol. The van der Waals surface area contributed by atoms with Crippen molar-refractivity contribution in [3.05, 3.63) is 11.8 Å². The zero-order chi connectivity index (χ0) is 9.42. The molecule has 13 heavy (non-hydrogen) atoms. The van der Waals surface area contributed by atoms with Gasteiger partial charge in [0, 0.05) is 0 Å². The highest BCUT2D eigenvalue weighted by atomic mass is 16.5. The molecule has 1 unspecified atom stereocenters. The summed E-state index contributed by atoms with van der Waals surface area (Å²) in [6.45, 7) is -0.297. The molecule has 2 atom stereocenters. The molecule has 0 aromatic carbocycles. The first-order valence-corrected chi connectivity index (χ1v) is 4.17. The molecule has 2 N–H and O–H groups in total. The van der Waals surface area contributed by atoms with E-state index in [0.717, 1.165) is 0 Å². The fraction of sp³-hybridized carbons (Fsp3) is 0.625. The average Bonchev–Trinajstić information content (AvgIpc) is 2.38. The van der Waals surface area contributed by atoms with Crippen molar-refractivity contribution in [1.29, 1.82) is 0 Å². The van der Waals surface area contributed by atoms with Crippen molar-refractivity contribution in [2.24, 2.45) is 0 Å². The van der Waals surface area contributed by atoms with Gasteiger partial charge in [-0.05, 0) is 6.08 Å². The fourth-order valence-corrected chi connectivity index (χ4v) is 1.70. The number of nitrogens with zero attached hydrogens (tertiary/aromatic N) is 1. The molecule has 0 saturated carbocycles. The Morgan fingerprint density at radius 1 is 1.62 bits per heavy atom. The Morgan fingerprint density at radius 2 is 2.38 bits per heavy atom. The van der Waals surface area contributed by atoms with Crippen LogP contribution in [-0.2, 0) is 9.53 Å². The summed E-state index contributed by atoms with van der Waals surface area (Å²) in [7, 11) is 0. The van der Waals surface area contributed by atoms with Crippen LogP contribution in [0.2, 0.25) is 0 Å². The van der Waals surface area contributed by atoms with Gasteiger partial charge in [0.1, 0.15) is 11.8 Å². The second kappa shape index (κ2) is 3.01. The largest absolute Gasteiger partial charge is 0.472 e. The fourth-order valence-electron chi connectivity index (χ4n) is 1.70. The Labute approximate surface area is 75.2 Å². The second-order valence-corrected chi connectivity index (χ2v) is 3.07. The van der Waals surface area contributed by atoms with Crippen LogP contribution in [0.25, 0.3) is 0 Å². The van der Waals surface area contributed by atoms with E-state index in [1.54, 1.807) is 0 Å². The van der Waals surface area contributed by atoms with Crippen molar-refractivity contribution in [1.82, 2.24) is 4.90 Å². The van der Waals surface area contributed by atoms with Crippen molar-refractivity contribution in [2.45, 2.75) is 18.7 Å². The highest BCUT2D eigenvalue weighted by molar-refractivity contribution is 5.84. The van der Waals surface area contributed by atoms with Crippen molar-refractivity contribution in [2.75, 3.05) is 13.2 Å². The summed E-state index contributed by atoms with van der Waals surface area (Å²) in [6, 6.07) is -0.390. The lowest BCUT2D eigenvalue weighted by atomic mass is 10.1. The predicted molar refractivity (Wildman–Crippen MR) is 42.4 cm³/mol. The molecule has 0 radical (unpaired) electrons. The van der Waals surface area contributed by atoms with Crippen LogP contribution in [0, 0.1) is 0 Å². The molecule has 5 heteroatoms. The number of hydrogen-bond donors (Lipinski definition) is 2. The summed E-state index contributed by atoms with van der Waals surface area (Å²) in [5, 5.41) is 17.7. The highest BCUT2D eigenvalue weighted by Crippen LogP contribution is 2.35. The Hall–Kier alpha value is -1.07. The minimum absolute atomic E-state index is 0.00890. The van der Waals surface area contributed by atoms with Gasteiger partial charge in [-0.1, -0.05) is 0 Å². The van der Waals surface area contributed by atoms with E-state index in [1.807, 2.05) is 0 Å². The van der Waals surface area contributed by atoms with Crippen molar-refractivity contribution >= 4 is 5.91 Å². The molecule has 2 rings (SSSR count). The van der Waals surface area contributed by atoms with Gasteiger partial charge >= 0.3 is 0 Å². The lowest BCUT2D eigenvalue weighted by Crippen LogP contribution is -2.53. The third-order valence-corrected chi connectivity index (χ3v) is 2.35. The number of β-lactam (4-membered cyclic amide) rings is 1. The van der Waals surface area contributed by atoms with E-state index in [9.17, 15) is 4.79 Å². The van der Waals surface area contributed by atoms with Gasteiger partial charge in [0.05, 0.1) is 19.6 Å². The van der Waals surface area contributed by atoms with Gasteiger partial charge in [0.15, 0.2) is 6.23 Å². The Morgan fingerprint density at radius 3 is 2.92 bits per heavy atom. The summed E-state index contributed by atoms with van der Waals surface area (Å²) >= 11 is 0. The van der Waals surface area contributed by atoms with Gasteiger partial charge in [-0.2, -0.15) is 0 Å². The molecule has 2 heterocycles. The Bertz CT molecular complexity index is 263. The van der Waals surface area contributed by atoms with E-state index in [1.165, 1.54) is 11.0 Å². The molecule has 2 saturated heterocycles. The number of aliphatic hydroxyl groups excluding tert-OH is 2. The summed E-state index contributed by atoms with van der Waals surface area (Å²) < 4.78 is 5.32. The smallest absolute Gasteiger partial charge is 0.231 e. The van der Waals surface area contributed by atoms with Crippen LogP contribution in [0.1, 0.15) is 6.42 Å². The van der Waals surface area contributed by atoms with Crippen LogP contribution in [0.4, 0.5) is 0 Å². The van der Waals surface area contributed by atoms with Gasteiger partial charge in [0.2, 0.25) is 5.91 Å². The molecule has 2 fully saturated rings. The lowest BCUT2D eigenvalue weighted by molar-refractivity contribution is -0.157. The van der Waals surface area contributed by atoms with Gasteiger partial charge in [0.25, 0.3) is 0 Å². The Balaban J connectivity index is 2.17. The number of hydrogen-bond acceptors (Lipinski definition) is 4. The molecule has 5 nitrogen and oxygen atoms in total. The number of amides is 1. The predicted octanol–water partition coefficient (Wildman–Crippen LogP) is -1.19. The summed E-state index contributed by atoms with van der Waals surface area (Å²) in [5.41, 5.74) is 0. The number of aliphatic hydroxyl groups is 2. The number of ether oxygens (including phenoxy) is 1. The van der Waals surface area contributed by atoms with Gasteiger partial charge in [-0.15, -0.1) is 0 Å². The lowest BCUT2D eigenvalue weighted by Gasteiger charge is -2.34. The normalized spacial score (nSPS) is 34.5. The minimum Gasteiger partial charge on any atom is -0.472 e. The molecule has 0 bridgehead atoms. The standard InChI is InChI=1S/C8H11NO4/c10-2-1-6-5(4-11)9-7(12)3-8(9)13-6/h1,5,8,10-11H,2-4H2/b6-1-/t5-,8?/m0/s1. The molecular formula is C8H11NO4. The molecule has 2 aliphatic heterocycles. The Kier molecular flexibility index (Phi) is 1.97. The van der Waals surface area contributed by atoms with E-state index >= 15 is 0 Å². The molecule has 72 valence electrons. The molecule has 0 aromatic rings. The minimum atomic E-state index is -0.390.